The second kappa shape index (κ2) is 7.69. The quantitative estimate of drug-likeness (QED) is 0.537. The molecular weight excluding hydrogens is 444 g/mol. The summed E-state index contributed by atoms with van der Waals surface area (Å²) in [5, 5.41) is 5.34. The van der Waals surface area contributed by atoms with Crippen molar-refractivity contribution in [2.75, 3.05) is 18.4 Å². The van der Waals surface area contributed by atoms with Gasteiger partial charge in [-0.3, -0.25) is 10.1 Å². The number of carbonyl (C=O) groups is 2. The fourth-order valence-corrected chi connectivity index (χ4v) is 3.85. The highest BCUT2D eigenvalue weighted by Gasteiger charge is 2.51. The minimum absolute atomic E-state index is 0.0246. The molecule has 1 saturated heterocycles. The van der Waals surface area contributed by atoms with Crippen LogP contribution in [0, 0.1) is 0 Å². The van der Waals surface area contributed by atoms with Gasteiger partial charge in [0.05, 0.1) is 11.1 Å². The number of carbonyl (C=O) groups excluding carboxylic acids is 2. The van der Waals surface area contributed by atoms with Gasteiger partial charge in [-0.05, 0) is 29.8 Å². The molecule has 2 aromatic rings. The van der Waals surface area contributed by atoms with Crippen molar-refractivity contribution in [2.45, 2.75) is 24.6 Å². The number of para-hydroxylation sites is 1. The van der Waals surface area contributed by atoms with Gasteiger partial charge in [-0.2, -0.15) is 26.3 Å². The summed E-state index contributed by atoms with van der Waals surface area (Å²) in [6.45, 7) is -0.139. The summed E-state index contributed by atoms with van der Waals surface area (Å²) in [6.07, 6.45) is -11.9. The van der Waals surface area contributed by atoms with Gasteiger partial charge in [-0.25, -0.2) is 4.79 Å². The summed E-state index contributed by atoms with van der Waals surface area (Å²) >= 11 is 0. The number of hydrogen-bond donors (Lipinski definition) is 2. The topological polar surface area (TPSA) is 70.7 Å². The Morgan fingerprint density at radius 3 is 2.38 bits per heavy atom. The zero-order chi connectivity index (χ0) is 23.3. The highest BCUT2D eigenvalue weighted by molar-refractivity contribution is 6.02. The normalized spacial score (nSPS) is 20.6. The molecule has 1 unspecified atom stereocenters. The minimum Gasteiger partial charge on any atom is -0.437 e. The Morgan fingerprint density at radius 2 is 1.75 bits per heavy atom. The van der Waals surface area contributed by atoms with Crippen LogP contribution in [0.2, 0.25) is 0 Å². The molecule has 2 N–H and O–H groups in total. The van der Waals surface area contributed by atoms with Gasteiger partial charge in [0.25, 0.3) is 5.91 Å². The molecule has 0 saturated carbocycles. The number of alkyl halides is 6. The standard InChI is InChI=1S/C20H15F6N3O3/c21-19(22,23)13-9-11(28-10-4-2-1-3-5-10)8-12-14(13)17(30)29-7-6-27-16(15(12)29)32-18(31)20(24,25)26/h1-5,8-9,15-16,27-28H,6-7H2/t15-,16?/m1/s1. The van der Waals surface area contributed by atoms with Crippen molar-refractivity contribution in [1.29, 1.82) is 0 Å². The van der Waals surface area contributed by atoms with Crippen LogP contribution in [0.5, 0.6) is 0 Å². The van der Waals surface area contributed by atoms with E-state index in [1.807, 2.05) is 0 Å². The van der Waals surface area contributed by atoms with Crippen molar-refractivity contribution in [3.8, 4) is 0 Å². The Hall–Kier alpha value is -3.28. The maximum Gasteiger partial charge on any atom is 0.490 e. The summed E-state index contributed by atoms with van der Waals surface area (Å²) in [5.41, 5.74) is -1.64. The molecule has 32 heavy (non-hydrogen) atoms. The van der Waals surface area contributed by atoms with Crippen molar-refractivity contribution in [1.82, 2.24) is 10.2 Å². The number of halogens is 6. The first kappa shape index (κ1) is 21.9. The molecule has 2 atom stereocenters. The Bertz CT molecular complexity index is 1060. The lowest BCUT2D eigenvalue weighted by Crippen LogP contribution is -2.54. The van der Waals surface area contributed by atoms with Gasteiger partial charge in [0, 0.05) is 24.5 Å². The molecule has 0 aromatic heterocycles. The molecule has 2 heterocycles. The van der Waals surface area contributed by atoms with Crippen LogP contribution in [0.25, 0.3) is 0 Å². The number of benzene rings is 2. The van der Waals surface area contributed by atoms with Gasteiger partial charge in [0.1, 0.15) is 6.04 Å². The second-order valence-corrected chi connectivity index (χ2v) is 7.20. The first-order chi connectivity index (χ1) is 15.0. The third kappa shape index (κ3) is 3.97. The molecule has 1 amide bonds. The predicted octanol–water partition coefficient (Wildman–Crippen LogP) is 3.98. The maximum absolute atomic E-state index is 13.8. The third-order valence-corrected chi connectivity index (χ3v) is 5.12. The van der Waals surface area contributed by atoms with Crippen LogP contribution in [-0.4, -0.2) is 42.3 Å². The van der Waals surface area contributed by atoms with Gasteiger partial charge >= 0.3 is 18.3 Å². The van der Waals surface area contributed by atoms with E-state index in [1.165, 1.54) is 6.07 Å². The number of esters is 1. The van der Waals surface area contributed by atoms with E-state index in [1.54, 1.807) is 30.3 Å². The first-order valence-corrected chi connectivity index (χ1v) is 9.36. The van der Waals surface area contributed by atoms with E-state index >= 15 is 0 Å². The summed E-state index contributed by atoms with van der Waals surface area (Å²) < 4.78 is 84.1. The number of hydrogen-bond acceptors (Lipinski definition) is 5. The van der Waals surface area contributed by atoms with Crippen LogP contribution in [0.3, 0.4) is 0 Å². The van der Waals surface area contributed by atoms with Gasteiger partial charge in [-0.15, -0.1) is 0 Å². The molecule has 0 bridgehead atoms. The van der Waals surface area contributed by atoms with E-state index in [0.29, 0.717) is 5.69 Å². The molecule has 4 rings (SSSR count). The number of amides is 1. The van der Waals surface area contributed by atoms with Crippen molar-refractivity contribution < 1.29 is 40.7 Å². The van der Waals surface area contributed by atoms with E-state index in [4.69, 9.17) is 0 Å². The number of nitrogens with zero attached hydrogens (tertiary/aromatic N) is 1. The molecule has 170 valence electrons. The lowest BCUT2D eigenvalue weighted by molar-refractivity contribution is -0.210. The monoisotopic (exact) mass is 459 g/mol. The van der Waals surface area contributed by atoms with E-state index in [9.17, 15) is 35.9 Å². The Kier molecular flexibility index (Phi) is 5.27. The molecule has 2 aliphatic rings. The Morgan fingerprint density at radius 1 is 1.06 bits per heavy atom. The smallest absolute Gasteiger partial charge is 0.437 e. The van der Waals surface area contributed by atoms with Gasteiger partial charge < -0.3 is 15.0 Å². The number of anilines is 2. The van der Waals surface area contributed by atoms with E-state index in [-0.39, 0.29) is 24.3 Å². The molecule has 1 fully saturated rings. The van der Waals surface area contributed by atoms with Crippen LogP contribution in [0.1, 0.15) is 27.5 Å². The Labute approximate surface area is 177 Å². The average Bonchev–Trinajstić information content (AvgIpc) is 3.00. The maximum atomic E-state index is 13.8. The van der Waals surface area contributed by atoms with Crippen molar-refractivity contribution in [2.24, 2.45) is 0 Å². The molecule has 0 spiro atoms. The molecule has 2 aromatic carbocycles. The van der Waals surface area contributed by atoms with Crippen LogP contribution in [-0.2, 0) is 15.7 Å². The average molecular weight is 459 g/mol. The van der Waals surface area contributed by atoms with Crippen molar-refractivity contribution in [3.05, 3.63) is 59.2 Å². The summed E-state index contributed by atoms with van der Waals surface area (Å²) in [6, 6.07) is 8.90. The number of rotatable bonds is 3. The van der Waals surface area contributed by atoms with E-state index in [2.05, 4.69) is 15.4 Å². The van der Waals surface area contributed by atoms with Gasteiger partial charge in [0.15, 0.2) is 6.23 Å². The molecule has 0 radical (unpaired) electrons. The first-order valence-electron chi connectivity index (χ1n) is 9.36. The third-order valence-electron chi connectivity index (χ3n) is 5.12. The lowest BCUT2D eigenvalue weighted by atomic mass is 9.96. The molecule has 6 nitrogen and oxygen atoms in total. The molecule has 0 aliphatic carbocycles. The second-order valence-electron chi connectivity index (χ2n) is 7.20. The van der Waals surface area contributed by atoms with Gasteiger partial charge in [0.2, 0.25) is 0 Å². The highest BCUT2D eigenvalue weighted by atomic mass is 19.4. The number of ether oxygens (including phenoxy) is 1. The van der Waals surface area contributed by atoms with Crippen LogP contribution < -0.4 is 10.6 Å². The predicted molar refractivity (Wildman–Crippen MR) is 98.9 cm³/mol. The van der Waals surface area contributed by atoms with Crippen molar-refractivity contribution in [3.63, 3.8) is 0 Å². The number of piperazine rings is 1. The molecule has 12 heteroatoms. The largest absolute Gasteiger partial charge is 0.490 e. The summed E-state index contributed by atoms with van der Waals surface area (Å²) in [5.74, 6) is -3.49. The van der Waals surface area contributed by atoms with Crippen molar-refractivity contribution >= 4 is 23.3 Å². The number of nitrogens with one attached hydrogen (secondary N) is 2. The summed E-state index contributed by atoms with van der Waals surface area (Å²) in [4.78, 5) is 25.2. The number of fused-ring (bicyclic) bond motifs is 3. The van der Waals surface area contributed by atoms with Crippen LogP contribution in [0.4, 0.5) is 37.7 Å². The Balaban J connectivity index is 1.80. The minimum atomic E-state index is -5.30. The SMILES string of the molecule is O=C1c2c(cc(Nc3ccccc3)cc2C(F)(F)F)[C@@H]2C(OC(=O)C(F)(F)F)NCCN12. The molecular formula is C20H15F6N3O3. The highest BCUT2D eigenvalue weighted by Crippen LogP contribution is 2.46. The van der Waals surface area contributed by atoms with E-state index < -0.39 is 47.6 Å². The fraction of sp³-hybridized carbons (Fsp3) is 0.300. The zero-order valence-electron chi connectivity index (χ0n) is 16.1. The lowest BCUT2D eigenvalue weighted by Gasteiger charge is -2.37. The summed E-state index contributed by atoms with van der Waals surface area (Å²) in [7, 11) is 0. The van der Waals surface area contributed by atoms with Crippen LogP contribution in [0.15, 0.2) is 42.5 Å². The fourth-order valence-electron chi connectivity index (χ4n) is 3.85. The van der Waals surface area contributed by atoms with Crippen LogP contribution >= 0.6 is 0 Å². The zero-order valence-corrected chi connectivity index (χ0v) is 16.1. The van der Waals surface area contributed by atoms with E-state index in [0.717, 1.165) is 11.0 Å². The van der Waals surface area contributed by atoms with Gasteiger partial charge in [-0.1, -0.05) is 18.2 Å². The molecule has 2 aliphatic heterocycles.